The number of carbonyl (C=O) groups excluding carboxylic acids is 1. The molecule has 0 bridgehead atoms. The second-order valence-corrected chi connectivity index (χ2v) is 8.53. The quantitative estimate of drug-likeness (QED) is 0.548. The smallest absolute Gasteiger partial charge is 0.258 e. The summed E-state index contributed by atoms with van der Waals surface area (Å²) in [6, 6.07) is 12.9. The number of carbonyl (C=O) groups is 1. The molecule has 0 fully saturated rings. The number of para-hydroxylation sites is 1. The number of hydrogen-bond acceptors (Lipinski definition) is 6. The molecule has 1 aromatic heterocycles. The van der Waals surface area contributed by atoms with E-state index in [-0.39, 0.29) is 30.0 Å². The first kappa shape index (κ1) is 22.8. The van der Waals surface area contributed by atoms with Crippen LogP contribution in [0.1, 0.15) is 38.2 Å². The Labute approximate surface area is 192 Å². The number of ether oxygens (including phenoxy) is 2. The Hall–Kier alpha value is -3.39. The zero-order valence-electron chi connectivity index (χ0n) is 19.3. The number of hydrogen-bond donors (Lipinski definition) is 2. The number of H-pyrrole nitrogens is 1. The van der Waals surface area contributed by atoms with Gasteiger partial charge < -0.3 is 19.8 Å². The number of benzene rings is 2. The van der Waals surface area contributed by atoms with E-state index in [1.807, 2.05) is 48.2 Å². The van der Waals surface area contributed by atoms with Crippen molar-refractivity contribution in [1.82, 2.24) is 20.2 Å². The predicted molar refractivity (Wildman–Crippen MR) is 126 cm³/mol. The fraction of sp³-hybridized carbons (Fsp3) is 0.400. The van der Waals surface area contributed by atoms with Gasteiger partial charge in [-0.15, -0.1) is 0 Å². The lowest BCUT2D eigenvalue weighted by molar-refractivity contribution is -0.123. The number of nitrogens with zero attached hydrogens (tertiary/aromatic N) is 2. The van der Waals surface area contributed by atoms with Crippen molar-refractivity contribution in [2.75, 3.05) is 26.3 Å². The van der Waals surface area contributed by atoms with E-state index in [1.165, 1.54) is 0 Å². The zero-order chi connectivity index (χ0) is 23.4. The Morgan fingerprint density at radius 2 is 1.91 bits per heavy atom. The molecule has 4 rings (SSSR count). The van der Waals surface area contributed by atoms with Crippen LogP contribution < -0.4 is 20.3 Å². The Kier molecular flexibility index (Phi) is 6.93. The van der Waals surface area contributed by atoms with E-state index < -0.39 is 0 Å². The van der Waals surface area contributed by atoms with E-state index in [0.29, 0.717) is 48.8 Å². The van der Waals surface area contributed by atoms with Gasteiger partial charge in [-0.1, -0.05) is 39.0 Å². The molecule has 1 atom stereocenters. The summed E-state index contributed by atoms with van der Waals surface area (Å²) in [6.45, 7) is 8.40. The van der Waals surface area contributed by atoms with Crippen LogP contribution >= 0.6 is 0 Å². The summed E-state index contributed by atoms with van der Waals surface area (Å²) in [5.41, 5.74) is 1.45. The van der Waals surface area contributed by atoms with E-state index in [4.69, 9.17) is 9.47 Å². The highest BCUT2D eigenvalue weighted by Gasteiger charge is 2.22. The lowest BCUT2D eigenvalue weighted by Gasteiger charge is -2.27. The van der Waals surface area contributed by atoms with Gasteiger partial charge >= 0.3 is 0 Å². The molecule has 3 aromatic rings. The average Bonchev–Trinajstić information content (AvgIpc) is 2.81. The van der Waals surface area contributed by atoms with Crippen molar-refractivity contribution in [2.45, 2.75) is 33.4 Å². The number of aromatic amines is 1. The molecule has 0 spiro atoms. The topological polar surface area (TPSA) is 96.6 Å². The zero-order valence-corrected chi connectivity index (χ0v) is 19.3. The van der Waals surface area contributed by atoms with Crippen LogP contribution in [0.4, 0.5) is 0 Å². The normalized spacial score (nSPS) is 14.0. The summed E-state index contributed by atoms with van der Waals surface area (Å²) in [5.74, 6) is 2.08. The maximum absolute atomic E-state index is 13.0. The molecule has 0 saturated heterocycles. The van der Waals surface area contributed by atoms with Crippen LogP contribution in [-0.2, 0) is 11.3 Å². The molecule has 174 valence electrons. The van der Waals surface area contributed by atoms with Crippen molar-refractivity contribution in [2.24, 2.45) is 5.92 Å². The third-order valence-corrected chi connectivity index (χ3v) is 5.76. The summed E-state index contributed by atoms with van der Waals surface area (Å²) in [4.78, 5) is 34.7. The van der Waals surface area contributed by atoms with Gasteiger partial charge in [-0.2, -0.15) is 0 Å². The van der Waals surface area contributed by atoms with Gasteiger partial charge in [0.15, 0.2) is 11.5 Å². The highest BCUT2D eigenvalue weighted by atomic mass is 16.6. The van der Waals surface area contributed by atoms with Crippen LogP contribution in [0.5, 0.6) is 11.5 Å². The van der Waals surface area contributed by atoms with Gasteiger partial charge in [0.2, 0.25) is 5.91 Å². The minimum absolute atomic E-state index is 0.0893. The van der Waals surface area contributed by atoms with E-state index in [2.05, 4.69) is 29.1 Å². The monoisotopic (exact) mass is 450 g/mol. The molecule has 2 aromatic carbocycles. The molecule has 8 heteroatoms. The van der Waals surface area contributed by atoms with Crippen molar-refractivity contribution < 1.29 is 14.3 Å². The standard InChI is InChI=1S/C25H30N4O4/c1-4-29(14-22-26-19-8-6-5-7-18(19)25(31)27-22)15-23(30)28-24(16(2)3)17-9-10-20-21(13-17)33-12-11-32-20/h5-10,13,16,24H,4,11-12,14-15H2,1-3H3,(H,28,30)(H,26,27,31). The van der Waals surface area contributed by atoms with Crippen LogP contribution in [-0.4, -0.2) is 47.1 Å². The number of nitrogens with one attached hydrogen (secondary N) is 2. The molecule has 0 radical (unpaired) electrons. The summed E-state index contributed by atoms with van der Waals surface area (Å²) in [7, 11) is 0. The lowest BCUT2D eigenvalue weighted by Crippen LogP contribution is -2.40. The molecule has 2 N–H and O–H groups in total. The molecule has 8 nitrogen and oxygen atoms in total. The van der Waals surface area contributed by atoms with E-state index in [1.54, 1.807) is 6.07 Å². The van der Waals surface area contributed by atoms with Gasteiger partial charge in [0, 0.05) is 0 Å². The van der Waals surface area contributed by atoms with Gasteiger partial charge in [-0.3, -0.25) is 14.5 Å². The number of fused-ring (bicyclic) bond motifs is 2. The average molecular weight is 451 g/mol. The van der Waals surface area contributed by atoms with Crippen molar-refractivity contribution in [3.63, 3.8) is 0 Å². The van der Waals surface area contributed by atoms with E-state index in [0.717, 1.165) is 11.3 Å². The Morgan fingerprint density at radius 1 is 1.15 bits per heavy atom. The van der Waals surface area contributed by atoms with Crippen molar-refractivity contribution in [1.29, 1.82) is 0 Å². The Bertz CT molecular complexity index is 1190. The van der Waals surface area contributed by atoms with Gasteiger partial charge in [0.1, 0.15) is 19.0 Å². The molecule has 1 unspecified atom stereocenters. The van der Waals surface area contributed by atoms with Crippen LogP contribution in [0.15, 0.2) is 47.3 Å². The Morgan fingerprint density at radius 3 is 2.67 bits per heavy atom. The van der Waals surface area contributed by atoms with Crippen molar-refractivity contribution in [3.05, 3.63) is 64.2 Å². The molecule has 33 heavy (non-hydrogen) atoms. The second kappa shape index (κ2) is 10.0. The first-order valence-electron chi connectivity index (χ1n) is 11.3. The van der Waals surface area contributed by atoms with Crippen LogP contribution in [0.25, 0.3) is 10.9 Å². The summed E-state index contributed by atoms with van der Waals surface area (Å²) in [6.07, 6.45) is 0. The van der Waals surface area contributed by atoms with Crippen molar-refractivity contribution in [3.8, 4) is 11.5 Å². The fourth-order valence-corrected chi connectivity index (χ4v) is 4.01. The lowest BCUT2D eigenvalue weighted by atomic mass is 9.95. The first-order chi connectivity index (χ1) is 15.9. The van der Waals surface area contributed by atoms with E-state index in [9.17, 15) is 9.59 Å². The summed E-state index contributed by atoms with van der Waals surface area (Å²) >= 11 is 0. The number of aromatic nitrogens is 2. The van der Waals surface area contributed by atoms with Crippen LogP contribution in [0.3, 0.4) is 0 Å². The van der Waals surface area contributed by atoms with Gasteiger partial charge in [-0.05, 0) is 42.3 Å². The first-order valence-corrected chi connectivity index (χ1v) is 11.3. The fourth-order valence-electron chi connectivity index (χ4n) is 4.01. The molecule has 1 aliphatic heterocycles. The summed E-state index contributed by atoms with van der Waals surface area (Å²) < 4.78 is 11.3. The van der Waals surface area contributed by atoms with Crippen LogP contribution in [0.2, 0.25) is 0 Å². The van der Waals surface area contributed by atoms with Crippen LogP contribution in [0, 0.1) is 5.92 Å². The maximum atomic E-state index is 13.0. The molecule has 1 amide bonds. The predicted octanol–water partition coefficient (Wildman–Crippen LogP) is 3.03. The third kappa shape index (κ3) is 5.34. The number of likely N-dealkylation sites (N-methyl/N-ethyl adjacent to an activating group) is 1. The minimum Gasteiger partial charge on any atom is -0.486 e. The largest absolute Gasteiger partial charge is 0.486 e. The van der Waals surface area contributed by atoms with Gasteiger partial charge in [0.25, 0.3) is 5.56 Å². The van der Waals surface area contributed by atoms with E-state index >= 15 is 0 Å². The Balaban J connectivity index is 1.45. The third-order valence-electron chi connectivity index (χ3n) is 5.76. The molecule has 0 aliphatic carbocycles. The number of amides is 1. The van der Waals surface area contributed by atoms with Gasteiger partial charge in [0.05, 0.1) is 30.0 Å². The van der Waals surface area contributed by atoms with Gasteiger partial charge in [-0.25, -0.2) is 4.98 Å². The number of rotatable bonds is 8. The molecular weight excluding hydrogens is 420 g/mol. The second-order valence-electron chi connectivity index (χ2n) is 8.53. The highest BCUT2D eigenvalue weighted by molar-refractivity contribution is 5.79. The molecular formula is C25H30N4O4. The molecule has 2 heterocycles. The maximum Gasteiger partial charge on any atom is 0.258 e. The summed E-state index contributed by atoms with van der Waals surface area (Å²) in [5, 5.41) is 3.72. The molecule has 1 aliphatic rings. The molecule has 0 saturated carbocycles. The minimum atomic E-state index is -0.172. The van der Waals surface area contributed by atoms with Crippen molar-refractivity contribution >= 4 is 16.8 Å². The highest BCUT2D eigenvalue weighted by Crippen LogP contribution is 2.34. The SMILES string of the molecule is CCN(CC(=O)NC(c1ccc2c(c1)OCCO2)C(C)C)Cc1nc2ccccc2c(=O)[nH]1.